The minimum absolute atomic E-state index is 0.000531. The molecule has 144 valence electrons. The fourth-order valence-electron chi connectivity index (χ4n) is 2.42. The van der Waals surface area contributed by atoms with Crippen molar-refractivity contribution in [1.29, 1.82) is 0 Å². The summed E-state index contributed by atoms with van der Waals surface area (Å²) in [6.07, 6.45) is 0. The maximum absolute atomic E-state index is 13.1. The molecular weight excluding hydrogens is 392 g/mol. The van der Waals surface area contributed by atoms with Crippen LogP contribution >= 0.6 is 11.6 Å². The monoisotopic (exact) mass is 405 g/mol. The van der Waals surface area contributed by atoms with Crippen LogP contribution < -0.4 is 5.32 Å². The van der Waals surface area contributed by atoms with E-state index in [1.165, 1.54) is 53.2 Å². The Hall–Kier alpha value is -3.26. The van der Waals surface area contributed by atoms with E-state index in [9.17, 15) is 18.4 Å². The van der Waals surface area contributed by atoms with Gasteiger partial charge in [0.2, 0.25) is 0 Å². The summed E-state index contributed by atoms with van der Waals surface area (Å²) in [4.78, 5) is 24.2. The Balaban J connectivity index is 1.68. The molecule has 0 aliphatic rings. The molecule has 0 saturated heterocycles. The molecule has 0 bridgehead atoms. The third-order valence-corrected chi connectivity index (χ3v) is 4.09. The van der Waals surface area contributed by atoms with Gasteiger partial charge in [-0.2, -0.15) is 5.10 Å². The first-order chi connectivity index (χ1) is 13.3. The van der Waals surface area contributed by atoms with Gasteiger partial charge in [-0.05, 0) is 55.5 Å². The molecule has 0 unspecified atom stereocenters. The Morgan fingerprint density at radius 2 is 1.64 bits per heavy atom. The van der Waals surface area contributed by atoms with Crippen LogP contribution in [0.2, 0.25) is 5.15 Å². The van der Waals surface area contributed by atoms with E-state index in [4.69, 9.17) is 16.3 Å². The fraction of sp³-hybridized carbons (Fsp3) is 0.105. The van der Waals surface area contributed by atoms with Gasteiger partial charge in [-0.15, -0.1) is 0 Å². The second-order valence-electron chi connectivity index (χ2n) is 5.77. The number of aryl methyl sites for hydroxylation is 1. The quantitative estimate of drug-likeness (QED) is 0.653. The molecular formula is C19H14ClF2N3O3. The number of anilines is 1. The summed E-state index contributed by atoms with van der Waals surface area (Å²) in [6.45, 7) is 0.995. The first-order valence-electron chi connectivity index (χ1n) is 8.09. The summed E-state index contributed by atoms with van der Waals surface area (Å²) >= 11 is 6.23. The van der Waals surface area contributed by atoms with Gasteiger partial charge in [0.15, 0.2) is 6.61 Å². The highest BCUT2D eigenvalue weighted by molar-refractivity contribution is 6.33. The number of benzene rings is 2. The summed E-state index contributed by atoms with van der Waals surface area (Å²) in [7, 11) is 0. The maximum Gasteiger partial charge on any atom is 0.343 e. The zero-order chi connectivity index (χ0) is 20.3. The van der Waals surface area contributed by atoms with Gasteiger partial charge in [0.05, 0.1) is 11.4 Å². The minimum Gasteiger partial charge on any atom is -0.452 e. The number of aromatic nitrogens is 2. The maximum atomic E-state index is 13.1. The van der Waals surface area contributed by atoms with Crippen LogP contribution in [-0.4, -0.2) is 28.3 Å². The average molecular weight is 406 g/mol. The summed E-state index contributed by atoms with van der Waals surface area (Å²) in [5.74, 6) is -2.28. The Morgan fingerprint density at radius 1 is 1.07 bits per heavy atom. The molecule has 3 aromatic rings. The van der Waals surface area contributed by atoms with Crippen LogP contribution in [0.1, 0.15) is 16.1 Å². The highest BCUT2D eigenvalue weighted by atomic mass is 35.5. The molecule has 2 aromatic carbocycles. The van der Waals surface area contributed by atoms with E-state index in [1.807, 2.05) is 0 Å². The lowest BCUT2D eigenvalue weighted by Crippen LogP contribution is -2.21. The largest absolute Gasteiger partial charge is 0.452 e. The van der Waals surface area contributed by atoms with Crippen LogP contribution in [0.5, 0.6) is 0 Å². The number of rotatable bonds is 5. The predicted molar refractivity (Wildman–Crippen MR) is 98.6 cm³/mol. The number of nitrogens with one attached hydrogen (secondary N) is 1. The van der Waals surface area contributed by atoms with Crippen molar-refractivity contribution >= 4 is 29.2 Å². The molecule has 1 amide bonds. The SMILES string of the molecule is Cc1nn(-c2ccc(F)cc2)c(Cl)c1C(=O)OCC(=O)Nc1ccc(F)cc1. The summed E-state index contributed by atoms with van der Waals surface area (Å²) < 4.78 is 32.2. The van der Waals surface area contributed by atoms with Crippen LogP contribution in [0, 0.1) is 18.6 Å². The van der Waals surface area contributed by atoms with Gasteiger partial charge < -0.3 is 10.1 Å². The molecule has 0 spiro atoms. The zero-order valence-corrected chi connectivity index (χ0v) is 15.3. The molecule has 6 nitrogen and oxygen atoms in total. The van der Waals surface area contributed by atoms with E-state index >= 15 is 0 Å². The van der Waals surface area contributed by atoms with Crippen molar-refractivity contribution in [2.24, 2.45) is 0 Å². The van der Waals surface area contributed by atoms with E-state index in [-0.39, 0.29) is 10.7 Å². The van der Waals surface area contributed by atoms with Crippen molar-refractivity contribution in [3.63, 3.8) is 0 Å². The van der Waals surface area contributed by atoms with Crippen molar-refractivity contribution in [2.45, 2.75) is 6.92 Å². The summed E-state index contributed by atoms with van der Waals surface area (Å²) in [6, 6.07) is 10.5. The van der Waals surface area contributed by atoms with Crippen molar-refractivity contribution in [3.8, 4) is 5.69 Å². The number of ether oxygens (including phenoxy) is 1. The third kappa shape index (κ3) is 4.34. The Kier molecular flexibility index (Phi) is 5.70. The van der Waals surface area contributed by atoms with Gasteiger partial charge in [-0.25, -0.2) is 18.3 Å². The van der Waals surface area contributed by atoms with Crippen molar-refractivity contribution in [1.82, 2.24) is 9.78 Å². The highest BCUT2D eigenvalue weighted by Gasteiger charge is 2.23. The molecule has 0 atom stereocenters. The first kappa shape index (κ1) is 19.5. The molecule has 1 aromatic heterocycles. The molecule has 0 fully saturated rings. The highest BCUT2D eigenvalue weighted by Crippen LogP contribution is 2.24. The molecule has 1 N–H and O–H groups in total. The first-order valence-corrected chi connectivity index (χ1v) is 8.46. The molecule has 0 aliphatic heterocycles. The smallest absolute Gasteiger partial charge is 0.343 e. The lowest BCUT2D eigenvalue weighted by Gasteiger charge is -2.07. The van der Waals surface area contributed by atoms with Crippen LogP contribution in [0.15, 0.2) is 48.5 Å². The second kappa shape index (κ2) is 8.18. The van der Waals surface area contributed by atoms with Crippen LogP contribution in [0.3, 0.4) is 0 Å². The topological polar surface area (TPSA) is 73.2 Å². The number of amides is 1. The van der Waals surface area contributed by atoms with E-state index in [2.05, 4.69) is 10.4 Å². The minimum atomic E-state index is -0.829. The van der Waals surface area contributed by atoms with Crippen LogP contribution in [0.25, 0.3) is 5.69 Å². The van der Waals surface area contributed by atoms with Gasteiger partial charge in [-0.3, -0.25) is 4.79 Å². The number of halogens is 3. The van der Waals surface area contributed by atoms with E-state index < -0.39 is 30.1 Å². The number of esters is 1. The zero-order valence-electron chi connectivity index (χ0n) is 14.6. The third-order valence-electron chi connectivity index (χ3n) is 3.74. The predicted octanol–water partition coefficient (Wildman–Crippen LogP) is 3.91. The van der Waals surface area contributed by atoms with Crippen molar-refractivity contribution in [2.75, 3.05) is 11.9 Å². The summed E-state index contributed by atoms with van der Waals surface area (Å²) in [5.41, 5.74) is 1.11. The van der Waals surface area contributed by atoms with E-state index in [0.717, 1.165) is 0 Å². The summed E-state index contributed by atoms with van der Waals surface area (Å²) in [5, 5.41) is 6.61. The van der Waals surface area contributed by atoms with Gasteiger partial charge in [0, 0.05) is 5.69 Å². The fourth-order valence-corrected chi connectivity index (χ4v) is 2.77. The molecule has 1 heterocycles. The Labute approximate surface area is 163 Å². The number of carbonyl (C=O) groups is 2. The standard InChI is InChI=1S/C19H14ClF2N3O3/c1-11-17(18(20)25(24-11)15-8-4-13(22)5-9-15)19(27)28-10-16(26)23-14-6-2-12(21)3-7-14/h2-9H,10H2,1H3,(H,23,26). The molecule has 3 rings (SSSR count). The van der Waals surface area contributed by atoms with Crippen molar-refractivity contribution in [3.05, 3.63) is 76.6 Å². The van der Waals surface area contributed by atoms with Gasteiger partial charge >= 0.3 is 5.97 Å². The van der Waals surface area contributed by atoms with Gasteiger partial charge in [-0.1, -0.05) is 11.6 Å². The lowest BCUT2D eigenvalue weighted by atomic mass is 10.2. The lowest BCUT2D eigenvalue weighted by molar-refractivity contribution is -0.119. The Morgan fingerprint density at radius 3 is 2.25 bits per heavy atom. The average Bonchev–Trinajstić information content (AvgIpc) is 2.96. The molecule has 0 aliphatic carbocycles. The second-order valence-corrected chi connectivity index (χ2v) is 6.13. The molecule has 0 radical (unpaired) electrons. The van der Waals surface area contributed by atoms with Crippen molar-refractivity contribution < 1.29 is 23.1 Å². The number of hydrogen-bond donors (Lipinski definition) is 1. The molecule has 0 saturated carbocycles. The molecule has 28 heavy (non-hydrogen) atoms. The van der Waals surface area contributed by atoms with Crippen LogP contribution in [0.4, 0.5) is 14.5 Å². The molecule has 9 heteroatoms. The van der Waals surface area contributed by atoms with Gasteiger partial charge in [0.25, 0.3) is 5.91 Å². The number of nitrogens with zero attached hydrogens (tertiary/aromatic N) is 2. The Bertz CT molecular complexity index is 1020. The number of hydrogen-bond acceptors (Lipinski definition) is 4. The van der Waals surface area contributed by atoms with E-state index in [0.29, 0.717) is 17.1 Å². The normalized spacial score (nSPS) is 10.6. The van der Waals surface area contributed by atoms with Crippen LogP contribution in [-0.2, 0) is 9.53 Å². The van der Waals surface area contributed by atoms with E-state index in [1.54, 1.807) is 6.92 Å². The number of carbonyl (C=O) groups excluding carboxylic acids is 2. The van der Waals surface area contributed by atoms with Gasteiger partial charge in [0.1, 0.15) is 22.4 Å².